The molecule has 0 spiro atoms. The Kier molecular flexibility index (Phi) is 10.1. The number of rotatable bonds is 16. The Bertz CT molecular complexity index is 1150. The number of imidazole rings is 2. The van der Waals surface area contributed by atoms with Crippen LogP contribution in [0.1, 0.15) is 72.9 Å². The lowest BCUT2D eigenvalue weighted by Crippen LogP contribution is -2.22. The van der Waals surface area contributed by atoms with Crippen molar-refractivity contribution in [3.05, 3.63) is 108 Å². The van der Waals surface area contributed by atoms with E-state index in [1.165, 1.54) is 0 Å². The highest BCUT2D eigenvalue weighted by atomic mass is 32.2. The van der Waals surface area contributed by atoms with E-state index < -0.39 is 9.84 Å². The summed E-state index contributed by atoms with van der Waals surface area (Å²) in [5.41, 5.74) is 4.48. The Labute approximate surface area is 220 Å². The third-order valence-electron chi connectivity index (χ3n) is 7.06. The van der Waals surface area contributed by atoms with E-state index in [0.29, 0.717) is 0 Å². The maximum Gasteiger partial charge on any atom is 0.151 e. The Morgan fingerprint density at radius 2 is 1.05 bits per heavy atom. The molecule has 0 radical (unpaired) electrons. The second-order valence-electron chi connectivity index (χ2n) is 9.94. The number of hydrogen-bond acceptors (Lipinski definition) is 4. The van der Waals surface area contributed by atoms with Gasteiger partial charge in [-0.2, -0.15) is 0 Å². The Balaban J connectivity index is 1.38. The van der Waals surface area contributed by atoms with Crippen molar-refractivity contribution < 1.29 is 8.42 Å². The molecule has 0 aliphatic heterocycles. The standard InChI is InChI=1S/C30H38N4O2S/c35-37(36,21-27(25-11-3-1-4-12-25)15-7-9-17-29-19-31-23-33-29)22-28(26-13-5-2-6-14-26)16-8-10-18-30-20-32-24-34-30/h1-6,11-14,19-20,23-24,27-28H,7-10,15-18,21-22H2,(H,31,33)(H,32,34). The molecule has 37 heavy (non-hydrogen) atoms. The molecule has 2 N–H and O–H groups in total. The van der Waals surface area contributed by atoms with Crippen LogP contribution in [0.3, 0.4) is 0 Å². The van der Waals surface area contributed by atoms with Crippen LogP contribution in [0.4, 0.5) is 0 Å². The molecule has 0 bridgehead atoms. The molecule has 0 fully saturated rings. The van der Waals surface area contributed by atoms with E-state index in [9.17, 15) is 8.42 Å². The average molecular weight is 519 g/mol. The molecule has 2 atom stereocenters. The normalized spacial score (nSPS) is 13.4. The highest BCUT2D eigenvalue weighted by Crippen LogP contribution is 2.29. The minimum absolute atomic E-state index is 0.00442. The Hall–Kier alpha value is -3.19. The van der Waals surface area contributed by atoms with E-state index in [1.54, 1.807) is 12.7 Å². The number of nitrogens with one attached hydrogen (secondary N) is 2. The van der Waals surface area contributed by atoms with Gasteiger partial charge in [0.15, 0.2) is 9.84 Å². The van der Waals surface area contributed by atoms with Gasteiger partial charge in [0, 0.05) is 23.8 Å². The number of aryl methyl sites for hydroxylation is 2. The first kappa shape index (κ1) is 26.9. The molecule has 2 aromatic heterocycles. The lowest BCUT2D eigenvalue weighted by atomic mass is 9.94. The fourth-order valence-electron chi connectivity index (χ4n) is 5.08. The summed E-state index contributed by atoms with van der Waals surface area (Å²) in [5.74, 6) is 0.395. The van der Waals surface area contributed by atoms with Crippen molar-refractivity contribution in [2.75, 3.05) is 11.5 Å². The van der Waals surface area contributed by atoms with E-state index in [1.807, 2.05) is 48.8 Å². The van der Waals surface area contributed by atoms with Gasteiger partial charge in [-0.05, 0) is 61.5 Å². The quantitative estimate of drug-likeness (QED) is 0.172. The number of sulfone groups is 1. The Morgan fingerprint density at radius 3 is 1.43 bits per heavy atom. The van der Waals surface area contributed by atoms with Gasteiger partial charge in [-0.15, -0.1) is 0 Å². The van der Waals surface area contributed by atoms with Crippen LogP contribution < -0.4 is 0 Å². The zero-order chi connectivity index (χ0) is 25.8. The minimum Gasteiger partial charge on any atom is -0.348 e. The molecule has 4 rings (SSSR count). The largest absolute Gasteiger partial charge is 0.348 e. The van der Waals surface area contributed by atoms with Gasteiger partial charge in [0.1, 0.15) is 0 Å². The number of benzene rings is 2. The summed E-state index contributed by atoms with van der Waals surface area (Å²) in [7, 11) is -3.27. The lowest BCUT2D eigenvalue weighted by molar-refractivity contribution is 0.549. The maximum atomic E-state index is 13.6. The Morgan fingerprint density at radius 1 is 0.622 bits per heavy atom. The SMILES string of the molecule is O=S(=O)(CC(CCCCc1cnc[nH]1)c1ccccc1)CC(CCCCc1cnc[nH]1)c1ccccc1. The molecular formula is C30H38N4O2S. The third kappa shape index (κ3) is 9.01. The number of aromatic amines is 2. The van der Waals surface area contributed by atoms with Crippen LogP contribution in [0.25, 0.3) is 0 Å². The second-order valence-corrected chi connectivity index (χ2v) is 12.1. The molecule has 0 amide bonds. The molecule has 7 heteroatoms. The van der Waals surface area contributed by atoms with E-state index >= 15 is 0 Å². The lowest BCUT2D eigenvalue weighted by Gasteiger charge is -2.21. The molecule has 0 saturated carbocycles. The van der Waals surface area contributed by atoms with Gasteiger partial charge >= 0.3 is 0 Å². The van der Waals surface area contributed by atoms with Crippen molar-refractivity contribution in [2.45, 2.75) is 63.2 Å². The fourth-order valence-corrected chi connectivity index (χ4v) is 7.16. The number of unbranched alkanes of at least 4 members (excludes halogenated alkanes) is 2. The molecule has 4 aromatic rings. The summed E-state index contributed by atoms with van der Waals surface area (Å²) >= 11 is 0. The van der Waals surface area contributed by atoms with Crippen molar-refractivity contribution in [3.8, 4) is 0 Å². The van der Waals surface area contributed by atoms with Gasteiger partial charge in [-0.3, -0.25) is 0 Å². The molecule has 2 aromatic carbocycles. The van der Waals surface area contributed by atoms with Crippen LogP contribution in [0.5, 0.6) is 0 Å². The highest BCUT2D eigenvalue weighted by molar-refractivity contribution is 7.91. The third-order valence-corrected chi connectivity index (χ3v) is 8.88. The molecular weight excluding hydrogens is 480 g/mol. The van der Waals surface area contributed by atoms with Gasteiger partial charge in [-0.25, -0.2) is 18.4 Å². The zero-order valence-electron chi connectivity index (χ0n) is 21.4. The summed E-state index contributed by atoms with van der Waals surface area (Å²) in [4.78, 5) is 14.5. The second kappa shape index (κ2) is 13.9. The van der Waals surface area contributed by atoms with Crippen LogP contribution in [0.15, 0.2) is 85.7 Å². The molecule has 2 unspecified atom stereocenters. The molecule has 2 heterocycles. The van der Waals surface area contributed by atoms with E-state index in [0.717, 1.165) is 73.9 Å². The van der Waals surface area contributed by atoms with Crippen LogP contribution in [-0.2, 0) is 22.7 Å². The smallest absolute Gasteiger partial charge is 0.151 e. The van der Waals surface area contributed by atoms with Crippen molar-refractivity contribution in [3.63, 3.8) is 0 Å². The van der Waals surface area contributed by atoms with Crippen molar-refractivity contribution in [1.29, 1.82) is 0 Å². The van der Waals surface area contributed by atoms with Crippen LogP contribution in [0.2, 0.25) is 0 Å². The van der Waals surface area contributed by atoms with E-state index in [4.69, 9.17) is 0 Å². The first-order chi connectivity index (χ1) is 18.1. The van der Waals surface area contributed by atoms with Crippen molar-refractivity contribution in [2.24, 2.45) is 0 Å². The summed E-state index contributed by atoms with van der Waals surface area (Å²) in [6, 6.07) is 20.3. The predicted octanol–water partition coefficient (Wildman–Crippen LogP) is 6.24. The molecule has 0 aliphatic carbocycles. The monoisotopic (exact) mass is 518 g/mol. The number of H-pyrrole nitrogens is 2. The van der Waals surface area contributed by atoms with Gasteiger partial charge in [-0.1, -0.05) is 73.5 Å². The van der Waals surface area contributed by atoms with Gasteiger partial charge in [0.05, 0.1) is 24.2 Å². The summed E-state index contributed by atoms with van der Waals surface area (Å²) in [5, 5.41) is 0. The minimum atomic E-state index is -3.27. The summed E-state index contributed by atoms with van der Waals surface area (Å²) in [6.45, 7) is 0. The highest BCUT2D eigenvalue weighted by Gasteiger charge is 2.25. The summed E-state index contributed by atoms with van der Waals surface area (Å²) in [6.07, 6.45) is 14.7. The summed E-state index contributed by atoms with van der Waals surface area (Å²) < 4.78 is 27.2. The topological polar surface area (TPSA) is 91.5 Å². The van der Waals surface area contributed by atoms with E-state index in [-0.39, 0.29) is 23.3 Å². The van der Waals surface area contributed by atoms with Crippen molar-refractivity contribution in [1.82, 2.24) is 19.9 Å². The van der Waals surface area contributed by atoms with Gasteiger partial charge in [0.25, 0.3) is 0 Å². The number of hydrogen-bond donors (Lipinski definition) is 2. The molecule has 196 valence electrons. The molecule has 0 saturated heterocycles. The first-order valence-corrected chi connectivity index (χ1v) is 15.2. The fraction of sp³-hybridized carbons (Fsp3) is 0.400. The van der Waals surface area contributed by atoms with Crippen LogP contribution in [-0.4, -0.2) is 39.9 Å². The van der Waals surface area contributed by atoms with Gasteiger partial charge in [0.2, 0.25) is 0 Å². The van der Waals surface area contributed by atoms with Crippen LogP contribution in [0, 0.1) is 0 Å². The number of nitrogens with zero attached hydrogens (tertiary/aromatic N) is 2. The zero-order valence-corrected chi connectivity index (χ0v) is 22.2. The predicted molar refractivity (Wildman–Crippen MR) is 149 cm³/mol. The van der Waals surface area contributed by atoms with E-state index in [2.05, 4.69) is 44.2 Å². The van der Waals surface area contributed by atoms with Crippen LogP contribution >= 0.6 is 0 Å². The van der Waals surface area contributed by atoms with Crippen molar-refractivity contribution >= 4 is 9.84 Å². The van der Waals surface area contributed by atoms with Gasteiger partial charge < -0.3 is 9.97 Å². The molecule has 6 nitrogen and oxygen atoms in total. The molecule has 0 aliphatic rings. The average Bonchev–Trinajstić information content (AvgIpc) is 3.63. The first-order valence-electron chi connectivity index (χ1n) is 13.3. The number of aromatic nitrogens is 4. The maximum absolute atomic E-state index is 13.6.